The summed E-state index contributed by atoms with van der Waals surface area (Å²) in [5.41, 5.74) is -0.709. The molecule has 5 heteroatoms. The summed E-state index contributed by atoms with van der Waals surface area (Å²) in [5, 5.41) is 22.1. The van der Waals surface area contributed by atoms with Crippen molar-refractivity contribution in [3.63, 3.8) is 0 Å². The van der Waals surface area contributed by atoms with E-state index in [2.05, 4.69) is 12.2 Å². The molecular formula is C14H27NO3S. The van der Waals surface area contributed by atoms with Crippen LogP contribution in [0.3, 0.4) is 0 Å². The quantitative estimate of drug-likeness (QED) is 0.606. The number of aliphatic hydroxyl groups is 1. The molecule has 4 nitrogen and oxygen atoms in total. The Hall–Kier alpha value is -0.260. The van der Waals surface area contributed by atoms with E-state index in [1.165, 1.54) is 0 Å². The average molecular weight is 289 g/mol. The third kappa shape index (κ3) is 4.36. The van der Waals surface area contributed by atoms with E-state index < -0.39 is 11.5 Å². The lowest BCUT2D eigenvalue weighted by molar-refractivity contribution is -0.146. The van der Waals surface area contributed by atoms with Crippen LogP contribution in [0.25, 0.3) is 0 Å². The lowest BCUT2D eigenvalue weighted by Crippen LogP contribution is -2.55. The molecule has 0 aromatic carbocycles. The van der Waals surface area contributed by atoms with E-state index in [-0.39, 0.29) is 17.8 Å². The van der Waals surface area contributed by atoms with Crippen molar-refractivity contribution in [3.8, 4) is 0 Å². The number of nitrogens with one attached hydrogen (secondary N) is 1. The molecule has 1 aliphatic rings. The summed E-state index contributed by atoms with van der Waals surface area (Å²) in [6.07, 6.45) is 4.61. The first-order valence-corrected chi connectivity index (χ1v) is 8.32. The van der Waals surface area contributed by atoms with Gasteiger partial charge in [-0.15, -0.1) is 0 Å². The maximum absolute atomic E-state index is 11.7. The highest BCUT2D eigenvalue weighted by molar-refractivity contribution is 7.99. The van der Waals surface area contributed by atoms with Crippen LogP contribution in [0.1, 0.15) is 46.0 Å². The Morgan fingerprint density at radius 1 is 1.58 bits per heavy atom. The Morgan fingerprint density at radius 3 is 2.89 bits per heavy atom. The number of thioether (sulfide) groups is 1. The number of carboxylic acids is 1. The monoisotopic (exact) mass is 289 g/mol. The van der Waals surface area contributed by atoms with Crippen molar-refractivity contribution in [1.29, 1.82) is 0 Å². The van der Waals surface area contributed by atoms with Crippen molar-refractivity contribution in [1.82, 2.24) is 5.32 Å². The van der Waals surface area contributed by atoms with E-state index in [0.29, 0.717) is 0 Å². The molecule has 0 amide bonds. The van der Waals surface area contributed by atoms with E-state index >= 15 is 0 Å². The van der Waals surface area contributed by atoms with Crippen molar-refractivity contribution in [2.24, 2.45) is 5.92 Å². The second-order valence-electron chi connectivity index (χ2n) is 5.45. The lowest BCUT2D eigenvalue weighted by Gasteiger charge is -2.32. The van der Waals surface area contributed by atoms with Gasteiger partial charge in [0.15, 0.2) is 0 Å². The molecule has 0 aromatic heterocycles. The molecule has 3 atom stereocenters. The van der Waals surface area contributed by atoms with Gasteiger partial charge >= 0.3 is 5.97 Å². The molecule has 0 heterocycles. The van der Waals surface area contributed by atoms with Crippen molar-refractivity contribution >= 4 is 17.7 Å². The largest absolute Gasteiger partial charge is 0.480 e. The molecular weight excluding hydrogens is 262 g/mol. The number of hydrogen-bond donors (Lipinski definition) is 3. The van der Waals surface area contributed by atoms with Gasteiger partial charge in [-0.3, -0.25) is 4.79 Å². The molecule has 3 N–H and O–H groups in total. The Bertz CT molecular complexity index is 288. The Kier molecular flexibility index (Phi) is 7.18. The van der Waals surface area contributed by atoms with Gasteiger partial charge < -0.3 is 15.5 Å². The highest BCUT2D eigenvalue weighted by Crippen LogP contribution is 2.39. The van der Waals surface area contributed by atoms with Crippen molar-refractivity contribution < 1.29 is 15.0 Å². The summed E-state index contributed by atoms with van der Waals surface area (Å²) in [7, 11) is 0. The SMILES string of the molecule is CCCNC1(C(=O)O)CCCC1CCSC(C)CO. The van der Waals surface area contributed by atoms with E-state index in [4.69, 9.17) is 5.11 Å². The molecule has 0 bridgehead atoms. The van der Waals surface area contributed by atoms with Gasteiger partial charge in [-0.05, 0) is 43.9 Å². The van der Waals surface area contributed by atoms with Gasteiger partial charge in [0.25, 0.3) is 0 Å². The van der Waals surface area contributed by atoms with Crippen LogP contribution in [0.5, 0.6) is 0 Å². The molecule has 0 spiro atoms. The van der Waals surface area contributed by atoms with E-state index in [9.17, 15) is 9.90 Å². The number of aliphatic hydroxyl groups excluding tert-OH is 1. The summed E-state index contributed by atoms with van der Waals surface area (Å²) in [5.74, 6) is 0.452. The second kappa shape index (κ2) is 8.12. The fourth-order valence-electron chi connectivity index (χ4n) is 2.87. The number of carboxylic acid groups (broad SMARTS) is 1. The van der Waals surface area contributed by atoms with E-state index in [0.717, 1.165) is 44.4 Å². The molecule has 1 aliphatic carbocycles. The van der Waals surface area contributed by atoms with Crippen LogP contribution in [0.4, 0.5) is 0 Å². The zero-order valence-electron chi connectivity index (χ0n) is 12.0. The zero-order chi connectivity index (χ0) is 14.3. The maximum Gasteiger partial charge on any atom is 0.324 e. The van der Waals surface area contributed by atoms with Crippen LogP contribution in [-0.2, 0) is 4.79 Å². The third-order valence-corrected chi connectivity index (χ3v) is 5.21. The smallest absolute Gasteiger partial charge is 0.324 e. The standard InChI is InChI=1S/C14H27NO3S/c1-3-8-15-14(13(17)18)7-4-5-12(14)6-9-19-11(2)10-16/h11-12,15-16H,3-10H2,1-2H3,(H,17,18). The fraction of sp³-hybridized carbons (Fsp3) is 0.929. The van der Waals surface area contributed by atoms with Crippen molar-refractivity contribution in [3.05, 3.63) is 0 Å². The molecule has 3 unspecified atom stereocenters. The topological polar surface area (TPSA) is 69.6 Å². The summed E-state index contributed by atoms with van der Waals surface area (Å²) in [6.45, 7) is 5.01. The van der Waals surface area contributed by atoms with E-state index in [1.54, 1.807) is 11.8 Å². The highest BCUT2D eigenvalue weighted by atomic mass is 32.2. The molecule has 1 rings (SSSR count). The van der Waals surface area contributed by atoms with Gasteiger partial charge in [-0.25, -0.2) is 0 Å². The van der Waals surface area contributed by atoms with Crippen LogP contribution in [0.15, 0.2) is 0 Å². The fourth-order valence-corrected chi connectivity index (χ4v) is 3.80. The average Bonchev–Trinajstić information content (AvgIpc) is 2.80. The zero-order valence-corrected chi connectivity index (χ0v) is 12.8. The number of rotatable bonds is 9. The Morgan fingerprint density at radius 2 is 2.32 bits per heavy atom. The molecule has 0 aromatic rings. The van der Waals surface area contributed by atoms with Crippen LogP contribution in [0.2, 0.25) is 0 Å². The van der Waals surface area contributed by atoms with Crippen molar-refractivity contribution in [2.75, 3.05) is 18.9 Å². The maximum atomic E-state index is 11.7. The van der Waals surface area contributed by atoms with Crippen LogP contribution in [0, 0.1) is 5.92 Å². The van der Waals surface area contributed by atoms with E-state index in [1.807, 2.05) is 6.92 Å². The number of carbonyl (C=O) groups is 1. The second-order valence-corrected chi connectivity index (χ2v) is 6.99. The van der Waals surface area contributed by atoms with Crippen LogP contribution >= 0.6 is 11.8 Å². The number of hydrogen-bond acceptors (Lipinski definition) is 4. The minimum absolute atomic E-state index is 0.188. The summed E-state index contributed by atoms with van der Waals surface area (Å²) in [4.78, 5) is 11.7. The molecule has 0 saturated heterocycles. The highest BCUT2D eigenvalue weighted by Gasteiger charge is 2.48. The van der Waals surface area contributed by atoms with Gasteiger partial charge in [0.1, 0.15) is 5.54 Å². The molecule has 1 saturated carbocycles. The summed E-state index contributed by atoms with van der Waals surface area (Å²) >= 11 is 1.73. The van der Waals surface area contributed by atoms with Gasteiger partial charge in [0, 0.05) is 5.25 Å². The molecule has 19 heavy (non-hydrogen) atoms. The third-order valence-electron chi connectivity index (χ3n) is 4.02. The minimum Gasteiger partial charge on any atom is -0.480 e. The van der Waals surface area contributed by atoms with Gasteiger partial charge in [0.2, 0.25) is 0 Å². The predicted molar refractivity (Wildman–Crippen MR) is 79.6 cm³/mol. The van der Waals surface area contributed by atoms with Gasteiger partial charge in [-0.1, -0.05) is 20.3 Å². The van der Waals surface area contributed by atoms with Gasteiger partial charge in [-0.2, -0.15) is 11.8 Å². The molecule has 0 radical (unpaired) electrons. The molecule has 112 valence electrons. The first-order chi connectivity index (χ1) is 9.06. The summed E-state index contributed by atoms with van der Waals surface area (Å²) < 4.78 is 0. The predicted octanol–water partition coefficient (Wildman–Crippen LogP) is 2.11. The lowest BCUT2D eigenvalue weighted by atomic mass is 9.85. The Balaban J connectivity index is 2.56. The van der Waals surface area contributed by atoms with Crippen LogP contribution < -0.4 is 5.32 Å². The number of aliphatic carboxylic acids is 1. The van der Waals surface area contributed by atoms with Crippen molar-refractivity contribution in [2.45, 2.75) is 56.7 Å². The summed E-state index contributed by atoms with van der Waals surface area (Å²) in [6, 6.07) is 0. The normalized spacial score (nSPS) is 28.5. The van der Waals surface area contributed by atoms with Crippen LogP contribution in [-0.4, -0.2) is 45.9 Å². The first-order valence-electron chi connectivity index (χ1n) is 7.27. The Labute approximate surface area is 120 Å². The first kappa shape index (κ1) is 16.8. The van der Waals surface area contributed by atoms with Gasteiger partial charge in [0.05, 0.1) is 6.61 Å². The molecule has 0 aliphatic heterocycles. The molecule has 1 fully saturated rings. The minimum atomic E-state index is -0.709.